The number of nitrogens with two attached hydrogens (primary N) is 1. The Morgan fingerprint density at radius 3 is 2.68 bits per heavy atom. The lowest BCUT2D eigenvalue weighted by Crippen LogP contribution is -2.41. The van der Waals surface area contributed by atoms with Crippen LogP contribution in [0.3, 0.4) is 0 Å². The number of rotatable bonds is 5. The number of hydrogen-bond acceptors (Lipinski definition) is 3. The smallest absolute Gasteiger partial charge is 0.277 e. The minimum atomic E-state index is -3.11. The summed E-state index contributed by atoms with van der Waals surface area (Å²) in [6.45, 7) is -1.62. The van der Waals surface area contributed by atoms with E-state index < -0.39 is 24.9 Å². The molecule has 3 nitrogen and oxygen atoms in total. The average Bonchev–Trinajstić information content (AvgIpc) is 2.36. The SMILES string of the molecule is CSc1ccc(Cl)c(C(=O)NCC(F)(F)CN)c1.Cl. The fraction of sp³-hybridized carbons (Fsp3) is 0.364. The molecule has 0 aliphatic carbocycles. The van der Waals surface area contributed by atoms with Gasteiger partial charge in [0.1, 0.15) is 0 Å². The van der Waals surface area contributed by atoms with Crippen LogP contribution < -0.4 is 11.1 Å². The first kappa shape index (κ1) is 18.4. The van der Waals surface area contributed by atoms with Crippen LogP contribution in [-0.4, -0.2) is 31.2 Å². The van der Waals surface area contributed by atoms with E-state index in [-0.39, 0.29) is 23.0 Å². The zero-order valence-corrected chi connectivity index (χ0v) is 12.5. The third kappa shape index (κ3) is 5.52. The summed E-state index contributed by atoms with van der Waals surface area (Å²) in [6.07, 6.45) is 1.84. The van der Waals surface area contributed by atoms with E-state index in [1.807, 2.05) is 6.26 Å². The van der Waals surface area contributed by atoms with Gasteiger partial charge in [0.25, 0.3) is 11.8 Å². The Labute approximate surface area is 125 Å². The van der Waals surface area contributed by atoms with Gasteiger partial charge in [-0.05, 0) is 24.5 Å². The number of hydrogen-bond donors (Lipinski definition) is 2. The highest BCUT2D eigenvalue weighted by Crippen LogP contribution is 2.23. The van der Waals surface area contributed by atoms with Crippen molar-refractivity contribution in [3.8, 4) is 0 Å². The van der Waals surface area contributed by atoms with Crippen molar-refractivity contribution in [3.63, 3.8) is 0 Å². The van der Waals surface area contributed by atoms with Gasteiger partial charge >= 0.3 is 0 Å². The third-order valence-electron chi connectivity index (χ3n) is 2.22. The van der Waals surface area contributed by atoms with Crippen molar-refractivity contribution in [1.29, 1.82) is 0 Å². The zero-order valence-electron chi connectivity index (χ0n) is 10.1. The Bertz CT molecular complexity index is 447. The van der Waals surface area contributed by atoms with Gasteiger partial charge in [-0.1, -0.05) is 11.6 Å². The maximum atomic E-state index is 12.9. The van der Waals surface area contributed by atoms with E-state index in [9.17, 15) is 13.6 Å². The molecule has 1 rings (SSSR count). The van der Waals surface area contributed by atoms with Crippen LogP contribution in [0.5, 0.6) is 0 Å². The Kier molecular flexibility index (Phi) is 7.66. The third-order valence-corrected chi connectivity index (χ3v) is 3.28. The first-order chi connectivity index (χ1) is 8.39. The summed E-state index contributed by atoms with van der Waals surface area (Å²) in [6, 6.07) is 4.87. The number of carbonyl (C=O) groups is 1. The number of amides is 1. The van der Waals surface area contributed by atoms with Crippen molar-refractivity contribution in [3.05, 3.63) is 28.8 Å². The lowest BCUT2D eigenvalue weighted by Gasteiger charge is -2.15. The zero-order chi connectivity index (χ0) is 13.8. The lowest BCUT2D eigenvalue weighted by atomic mass is 10.2. The van der Waals surface area contributed by atoms with E-state index in [4.69, 9.17) is 17.3 Å². The van der Waals surface area contributed by atoms with Crippen LogP contribution in [0.1, 0.15) is 10.4 Å². The van der Waals surface area contributed by atoms with Gasteiger partial charge in [-0.15, -0.1) is 24.2 Å². The Hall–Kier alpha value is -0.560. The van der Waals surface area contributed by atoms with Crippen LogP contribution in [-0.2, 0) is 0 Å². The number of thioether (sulfide) groups is 1. The van der Waals surface area contributed by atoms with Crippen molar-refractivity contribution in [2.45, 2.75) is 10.8 Å². The van der Waals surface area contributed by atoms with E-state index in [1.165, 1.54) is 11.8 Å². The average molecular weight is 331 g/mol. The molecule has 0 aliphatic rings. The van der Waals surface area contributed by atoms with Crippen molar-refractivity contribution < 1.29 is 13.6 Å². The van der Waals surface area contributed by atoms with Crippen molar-refractivity contribution in [2.24, 2.45) is 5.73 Å². The first-order valence-corrected chi connectivity index (χ1v) is 6.69. The number of benzene rings is 1. The van der Waals surface area contributed by atoms with Gasteiger partial charge in [0.2, 0.25) is 0 Å². The largest absolute Gasteiger partial charge is 0.346 e. The second-order valence-corrected chi connectivity index (χ2v) is 4.88. The topological polar surface area (TPSA) is 55.1 Å². The lowest BCUT2D eigenvalue weighted by molar-refractivity contribution is 0.0118. The van der Waals surface area contributed by atoms with Gasteiger partial charge in [-0.25, -0.2) is 8.78 Å². The fourth-order valence-electron chi connectivity index (χ4n) is 1.18. The van der Waals surface area contributed by atoms with E-state index in [2.05, 4.69) is 5.32 Å². The van der Waals surface area contributed by atoms with Gasteiger partial charge in [-0.3, -0.25) is 4.79 Å². The summed E-state index contributed by atoms with van der Waals surface area (Å²) in [5.41, 5.74) is 5.05. The van der Waals surface area contributed by atoms with Crippen molar-refractivity contribution >= 4 is 41.7 Å². The quantitative estimate of drug-likeness (QED) is 0.816. The molecular formula is C11H14Cl2F2N2OS. The first-order valence-electron chi connectivity index (χ1n) is 5.09. The molecular weight excluding hydrogens is 317 g/mol. The highest BCUT2D eigenvalue weighted by Gasteiger charge is 2.27. The summed E-state index contributed by atoms with van der Waals surface area (Å²) in [4.78, 5) is 12.5. The van der Waals surface area contributed by atoms with Gasteiger partial charge in [0.15, 0.2) is 0 Å². The summed E-state index contributed by atoms with van der Waals surface area (Å²) in [5, 5.41) is 2.34. The summed E-state index contributed by atoms with van der Waals surface area (Å²) in [5.74, 6) is -3.75. The van der Waals surface area contributed by atoms with Crippen molar-refractivity contribution in [1.82, 2.24) is 5.32 Å². The molecule has 1 aromatic rings. The number of halogens is 4. The molecule has 1 aromatic carbocycles. The van der Waals surface area contributed by atoms with Crippen LogP contribution in [0.2, 0.25) is 5.02 Å². The Balaban J connectivity index is 0.00000324. The van der Waals surface area contributed by atoms with Crippen LogP contribution in [0.4, 0.5) is 8.78 Å². The molecule has 19 heavy (non-hydrogen) atoms. The maximum Gasteiger partial charge on any atom is 0.277 e. The van der Waals surface area contributed by atoms with E-state index >= 15 is 0 Å². The monoisotopic (exact) mass is 330 g/mol. The minimum Gasteiger partial charge on any atom is -0.346 e. The predicted molar refractivity (Wildman–Crippen MR) is 76.8 cm³/mol. The highest BCUT2D eigenvalue weighted by molar-refractivity contribution is 7.98. The molecule has 108 valence electrons. The summed E-state index contributed by atoms with van der Waals surface area (Å²) < 4.78 is 25.8. The summed E-state index contributed by atoms with van der Waals surface area (Å²) >= 11 is 7.28. The molecule has 0 atom stereocenters. The standard InChI is InChI=1S/C11H13ClF2N2OS.ClH/c1-18-7-2-3-9(12)8(4-7)10(17)16-6-11(13,14)5-15;/h2-4H,5-6,15H2,1H3,(H,16,17);1H. The molecule has 0 unspecified atom stereocenters. The molecule has 0 heterocycles. The number of nitrogens with one attached hydrogen (secondary N) is 1. The molecule has 0 saturated heterocycles. The Morgan fingerprint density at radius 2 is 2.16 bits per heavy atom. The maximum absolute atomic E-state index is 12.9. The van der Waals surface area contributed by atoms with Gasteiger partial charge in [0.05, 0.1) is 23.7 Å². The van der Waals surface area contributed by atoms with Crippen LogP contribution >= 0.6 is 35.8 Å². The Morgan fingerprint density at radius 1 is 1.53 bits per heavy atom. The molecule has 0 bridgehead atoms. The molecule has 0 fully saturated rings. The normalized spacial score (nSPS) is 10.8. The number of alkyl halides is 2. The molecule has 1 amide bonds. The van der Waals surface area contributed by atoms with Crippen molar-refractivity contribution in [2.75, 3.05) is 19.3 Å². The van der Waals surface area contributed by atoms with Crippen LogP contribution in [0, 0.1) is 0 Å². The fourth-order valence-corrected chi connectivity index (χ4v) is 1.83. The molecule has 0 radical (unpaired) electrons. The molecule has 0 aliphatic heterocycles. The predicted octanol–water partition coefficient (Wildman–Crippen LogP) is 2.81. The van der Waals surface area contributed by atoms with Gasteiger partial charge in [0, 0.05) is 4.90 Å². The molecule has 3 N–H and O–H groups in total. The summed E-state index contributed by atoms with van der Waals surface area (Å²) in [7, 11) is 0. The molecule has 8 heteroatoms. The second-order valence-electron chi connectivity index (χ2n) is 3.59. The van der Waals surface area contributed by atoms with Gasteiger partial charge in [-0.2, -0.15) is 0 Å². The second kappa shape index (κ2) is 7.89. The highest BCUT2D eigenvalue weighted by atomic mass is 35.5. The van der Waals surface area contributed by atoms with E-state index in [0.29, 0.717) is 0 Å². The van der Waals surface area contributed by atoms with Crippen LogP contribution in [0.25, 0.3) is 0 Å². The van der Waals surface area contributed by atoms with Crippen LogP contribution in [0.15, 0.2) is 23.1 Å². The number of carbonyl (C=O) groups excluding carboxylic acids is 1. The molecule has 0 spiro atoms. The van der Waals surface area contributed by atoms with E-state index in [1.54, 1.807) is 18.2 Å². The van der Waals surface area contributed by atoms with E-state index in [0.717, 1.165) is 4.90 Å². The molecule has 0 saturated carbocycles. The molecule has 0 aromatic heterocycles. The van der Waals surface area contributed by atoms with Gasteiger partial charge < -0.3 is 11.1 Å². The minimum absolute atomic E-state index is 0.